The van der Waals surface area contributed by atoms with Crippen molar-refractivity contribution in [2.75, 3.05) is 52.4 Å². The average Bonchev–Trinajstić information content (AvgIpc) is 3.87. The Bertz CT molecular complexity index is 1930. The lowest BCUT2D eigenvalue weighted by atomic mass is 9.75. The number of fused-ring (bicyclic) bond motifs is 2. The highest BCUT2D eigenvalue weighted by Crippen LogP contribution is 2.54. The van der Waals surface area contributed by atoms with E-state index >= 15 is 0 Å². The van der Waals surface area contributed by atoms with Crippen LogP contribution in [0.3, 0.4) is 0 Å². The predicted molar refractivity (Wildman–Crippen MR) is 175 cm³/mol. The van der Waals surface area contributed by atoms with Gasteiger partial charge in [0.15, 0.2) is 17.3 Å². The number of piperazine rings is 1. The minimum Gasteiger partial charge on any atom is -0.496 e. The van der Waals surface area contributed by atoms with Crippen LogP contribution in [0.2, 0.25) is 5.02 Å². The molecular weight excluding hydrogens is 649 g/mol. The van der Waals surface area contributed by atoms with Crippen LogP contribution in [-0.2, 0) is 9.53 Å². The smallest absolute Gasteiger partial charge is 0.341 e. The molecule has 7 rings (SSSR count). The first-order chi connectivity index (χ1) is 23.0. The van der Waals surface area contributed by atoms with Crippen molar-refractivity contribution in [3.05, 3.63) is 68.4 Å². The monoisotopic (exact) mass is 683 g/mol. The number of methoxy groups -OCH3 is 3. The number of hydrogen-bond donors (Lipinski definition) is 2. The lowest BCUT2D eigenvalue weighted by molar-refractivity contribution is -0.118. The molecule has 2 N–H and O–H groups in total. The van der Waals surface area contributed by atoms with Gasteiger partial charge in [-0.3, -0.25) is 14.4 Å². The van der Waals surface area contributed by atoms with Crippen molar-refractivity contribution in [3.63, 3.8) is 0 Å². The SMILES string of the molecule is COC1=CC(=O)C[C@@H](C)[C@]12Oc1c(Cl)c(OC)cc(OC)c1C2=O.O=C(O)c1cn(C2CC2)c2cc(N3CCNCC3)c(F)cc2c1=O. The molecule has 1 aromatic heterocycles. The molecule has 2 aromatic carbocycles. The number of aromatic carboxylic acids is 1. The van der Waals surface area contributed by atoms with E-state index in [1.54, 1.807) is 13.0 Å². The van der Waals surface area contributed by atoms with Gasteiger partial charge in [0.2, 0.25) is 16.8 Å². The van der Waals surface area contributed by atoms with Gasteiger partial charge in [-0.15, -0.1) is 0 Å². The Morgan fingerprint density at radius 2 is 1.75 bits per heavy atom. The summed E-state index contributed by atoms with van der Waals surface area (Å²) in [6.45, 7) is 4.73. The molecule has 3 heterocycles. The summed E-state index contributed by atoms with van der Waals surface area (Å²) in [7, 11) is 4.31. The fourth-order valence-corrected chi connectivity index (χ4v) is 6.88. The summed E-state index contributed by atoms with van der Waals surface area (Å²) in [6, 6.07) is 4.62. The Balaban J connectivity index is 0.000000167. The molecule has 14 heteroatoms. The molecule has 2 fully saturated rings. The number of anilines is 1. The fraction of sp³-hybridized carbons (Fsp3) is 0.412. The number of carboxylic acid groups (broad SMARTS) is 1. The molecule has 1 saturated carbocycles. The lowest BCUT2D eigenvalue weighted by Crippen LogP contribution is -2.51. The number of ketones is 2. The molecule has 0 unspecified atom stereocenters. The molecule has 0 amide bonds. The number of allylic oxidation sites excluding steroid dienone is 1. The molecule has 48 heavy (non-hydrogen) atoms. The van der Waals surface area contributed by atoms with E-state index in [0.29, 0.717) is 35.8 Å². The van der Waals surface area contributed by atoms with Gasteiger partial charge in [0.1, 0.15) is 33.5 Å². The summed E-state index contributed by atoms with van der Waals surface area (Å²) in [5.41, 5.74) is -1.03. The number of nitrogens with zero attached hydrogens (tertiary/aromatic N) is 2. The van der Waals surface area contributed by atoms with Crippen LogP contribution in [0.25, 0.3) is 10.9 Å². The summed E-state index contributed by atoms with van der Waals surface area (Å²) < 4.78 is 38.3. The summed E-state index contributed by atoms with van der Waals surface area (Å²) in [5.74, 6) is -1.65. The van der Waals surface area contributed by atoms with Gasteiger partial charge in [-0.25, -0.2) is 9.18 Å². The lowest BCUT2D eigenvalue weighted by Gasteiger charge is -2.36. The van der Waals surface area contributed by atoms with Crippen molar-refractivity contribution in [2.24, 2.45) is 5.92 Å². The van der Waals surface area contributed by atoms with E-state index in [2.05, 4.69) is 5.32 Å². The first-order valence-electron chi connectivity index (χ1n) is 15.5. The number of carboxylic acids is 1. The number of halogens is 2. The van der Waals surface area contributed by atoms with E-state index in [0.717, 1.165) is 25.9 Å². The van der Waals surface area contributed by atoms with Gasteiger partial charge >= 0.3 is 5.97 Å². The van der Waals surface area contributed by atoms with Gasteiger partial charge in [-0.05, 0) is 25.0 Å². The maximum absolute atomic E-state index is 14.6. The number of pyridine rings is 1. The molecule has 12 nitrogen and oxygen atoms in total. The molecule has 4 aliphatic rings. The molecule has 254 valence electrons. The topological polar surface area (TPSA) is 146 Å². The highest BCUT2D eigenvalue weighted by Gasteiger charge is 2.60. The molecular formula is C34H35ClFN3O9. The summed E-state index contributed by atoms with van der Waals surface area (Å²) in [6.07, 6.45) is 4.77. The van der Waals surface area contributed by atoms with E-state index < -0.39 is 28.7 Å². The molecule has 0 bridgehead atoms. The van der Waals surface area contributed by atoms with Crippen LogP contribution >= 0.6 is 11.6 Å². The molecule has 0 radical (unpaired) electrons. The average molecular weight is 684 g/mol. The van der Waals surface area contributed by atoms with Crippen LogP contribution in [0.1, 0.15) is 52.9 Å². The second kappa shape index (κ2) is 12.8. The van der Waals surface area contributed by atoms with Gasteiger partial charge in [0, 0.05) is 68.3 Å². The van der Waals surface area contributed by atoms with E-state index in [1.165, 1.54) is 45.7 Å². The number of carbonyl (C=O) groups excluding carboxylic acids is 2. The summed E-state index contributed by atoms with van der Waals surface area (Å²) >= 11 is 6.33. The Labute approximate surface area is 279 Å². The van der Waals surface area contributed by atoms with Crippen molar-refractivity contribution in [3.8, 4) is 17.2 Å². The molecule has 2 atom stereocenters. The number of rotatable bonds is 6. The first-order valence-corrected chi connectivity index (χ1v) is 15.9. The van der Waals surface area contributed by atoms with Gasteiger partial charge in [0.05, 0.1) is 32.5 Å². The molecule has 1 spiro atoms. The Hall–Kier alpha value is -4.62. The Morgan fingerprint density at radius 1 is 1.06 bits per heavy atom. The molecule has 2 aliphatic heterocycles. The zero-order valence-electron chi connectivity index (χ0n) is 26.9. The Kier molecular flexibility index (Phi) is 8.86. The van der Waals surface area contributed by atoms with Gasteiger partial charge in [-0.1, -0.05) is 18.5 Å². The van der Waals surface area contributed by atoms with Crippen LogP contribution in [0.5, 0.6) is 17.2 Å². The quantitative estimate of drug-likeness (QED) is 0.382. The molecule has 1 saturated heterocycles. The van der Waals surface area contributed by atoms with E-state index in [1.807, 2.05) is 9.47 Å². The number of benzene rings is 2. The van der Waals surface area contributed by atoms with Crippen LogP contribution < -0.4 is 29.9 Å². The van der Waals surface area contributed by atoms with Gasteiger partial charge in [-0.2, -0.15) is 0 Å². The van der Waals surface area contributed by atoms with Crippen molar-refractivity contribution < 1.29 is 42.8 Å². The first kappa shape index (κ1) is 33.3. The number of hydrogen-bond acceptors (Lipinski definition) is 10. The van der Waals surface area contributed by atoms with Gasteiger partial charge < -0.3 is 38.8 Å². The largest absolute Gasteiger partial charge is 0.496 e. The van der Waals surface area contributed by atoms with E-state index in [9.17, 15) is 28.7 Å². The van der Waals surface area contributed by atoms with Crippen molar-refractivity contribution >= 4 is 45.7 Å². The number of nitrogens with one attached hydrogen (secondary N) is 1. The summed E-state index contributed by atoms with van der Waals surface area (Å²) in [4.78, 5) is 50.8. The minimum absolute atomic E-state index is 0.118. The van der Waals surface area contributed by atoms with E-state index in [-0.39, 0.29) is 57.1 Å². The second-order valence-corrected chi connectivity index (χ2v) is 12.5. The number of ether oxygens (including phenoxy) is 4. The molecule has 2 aliphatic carbocycles. The van der Waals surface area contributed by atoms with Crippen LogP contribution in [-0.4, -0.2) is 80.3 Å². The van der Waals surface area contributed by atoms with Crippen molar-refractivity contribution in [2.45, 2.75) is 37.8 Å². The zero-order chi connectivity index (χ0) is 34.5. The third-order valence-electron chi connectivity index (χ3n) is 9.23. The zero-order valence-corrected chi connectivity index (χ0v) is 27.6. The minimum atomic E-state index is -1.42. The predicted octanol–water partition coefficient (Wildman–Crippen LogP) is 4.39. The highest BCUT2D eigenvalue weighted by molar-refractivity contribution is 6.35. The fourth-order valence-electron chi connectivity index (χ4n) is 6.61. The van der Waals surface area contributed by atoms with E-state index in [4.69, 9.17) is 30.5 Å². The number of carbonyl (C=O) groups is 3. The Morgan fingerprint density at radius 3 is 2.35 bits per heavy atom. The van der Waals surface area contributed by atoms with Gasteiger partial charge in [0.25, 0.3) is 0 Å². The number of Topliss-reactive ketones (excluding diaryl/α,β-unsaturated/α-hetero) is 1. The third-order valence-corrected chi connectivity index (χ3v) is 9.59. The van der Waals surface area contributed by atoms with Crippen LogP contribution in [0.15, 0.2) is 41.0 Å². The highest BCUT2D eigenvalue weighted by atomic mass is 35.5. The maximum atomic E-state index is 14.6. The summed E-state index contributed by atoms with van der Waals surface area (Å²) in [5, 5.41) is 12.8. The molecule has 3 aromatic rings. The van der Waals surface area contributed by atoms with Crippen molar-refractivity contribution in [1.82, 2.24) is 9.88 Å². The second-order valence-electron chi connectivity index (χ2n) is 12.1. The normalized spacial score (nSPS) is 21.7. The van der Waals surface area contributed by atoms with Crippen LogP contribution in [0.4, 0.5) is 10.1 Å². The van der Waals surface area contributed by atoms with Crippen molar-refractivity contribution in [1.29, 1.82) is 0 Å². The standard InChI is InChI=1S/C17H17ClO6.C17H18FN3O3/c1-8-5-9(19)6-12(23-4)17(8)16(20)13-10(21-2)7-11(22-3)14(18)15(13)24-17;18-13-7-11-14(8-15(13)20-5-3-19-4-6-20)21(10-1-2-10)9-12(16(11)22)17(23)24/h6-8H,5H2,1-4H3;7-10,19H,1-6H2,(H,23,24)/t8-,17+;/m1./s1. The maximum Gasteiger partial charge on any atom is 0.341 e. The third kappa shape index (κ3) is 5.44. The van der Waals surface area contributed by atoms with Crippen LogP contribution in [0, 0.1) is 11.7 Å². The number of aromatic nitrogens is 1.